The molecule has 1 unspecified atom stereocenters. The van der Waals surface area contributed by atoms with Gasteiger partial charge in [0.15, 0.2) is 0 Å². The maximum Gasteiger partial charge on any atom is 0.266 e. The van der Waals surface area contributed by atoms with E-state index in [1.165, 1.54) is 5.56 Å². The maximum atomic E-state index is 13.7. The lowest BCUT2D eigenvalue weighted by atomic mass is 10.1. The number of fused-ring (bicyclic) bond motifs is 1. The highest BCUT2D eigenvalue weighted by Gasteiger charge is 2.27. The smallest absolute Gasteiger partial charge is 0.266 e. The molecular weight excluding hydrogens is 422 g/mol. The van der Waals surface area contributed by atoms with E-state index in [4.69, 9.17) is 4.98 Å². The van der Waals surface area contributed by atoms with Crippen LogP contribution in [0.25, 0.3) is 16.6 Å². The Morgan fingerprint density at radius 3 is 2.32 bits per heavy atom. The minimum atomic E-state index is -0.329. The zero-order valence-electron chi connectivity index (χ0n) is 21.4. The summed E-state index contributed by atoms with van der Waals surface area (Å²) >= 11 is 0. The van der Waals surface area contributed by atoms with Gasteiger partial charge in [0.2, 0.25) is 5.91 Å². The summed E-state index contributed by atoms with van der Waals surface area (Å²) in [5.74, 6) is 1.05. The van der Waals surface area contributed by atoms with Crippen LogP contribution in [-0.4, -0.2) is 26.9 Å². The molecule has 182 valence electrons. The van der Waals surface area contributed by atoms with Crippen LogP contribution in [-0.2, 0) is 11.2 Å². The van der Waals surface area contributed by atoms with Crippen LogP contribution in [0, 0.1) is 5.92 Å². The molecule has 1 amide bonds. The fourth-order valence-corrected chi connectivity index (χ4v) is 4.42. The number of rotatable bonds is 11. The third-order valence-electron chi connectivity index (χ3n) is 6.37. The van der Waals surface area contributed by atoms with E-state index in [2.05, 4.69) is 39.8 Å². The van der Waals surface area contributed by atoms with Crippen molar-refractivity contribution in [2.45, 2.75) is 79.2 Å². The number of para-hydroxylation sites is 1. The van der Waals surface area contributed by atoms with Crippen LogP contribution < -0.4 is 5.56 Å². The highest BCUT2D eigenvalue weighted by Crippen LogP contribution is 2.25. The summed E-state index contributed by atoms with van der Waals surface area (Å²) in [4.78, 5) is 33.9. The normalized spacial score (nSPS) is 12.3. The molecule has 5 heteroatoms. The molecule has 34 heavy (non-hydrogen) atoms. The minimum Gasteiger partial charge on any atom is -0.333 e. The van der Waals surface area contributed by atoms with E-state index < -0.39 is 0 Å². The monoisotopic (exact) mass is 461 g/mol. The number of benzene rings is 2. The molecule has 3 aromatic rings. The van der Waals surface area contributed by atoms with E-state index in [-0.39, 0.29) is 17.5 Å². The Labute approximate surface area is 203 Å². The van der Waals surface area contributed by atoms with E-state index in [9.17, 15) is 9.59 Å². The van der Waals surface area contributed by atoms with Crippen LogP contribution in [0.15, 0.2) is 53.3 Å². The number of aromatic nitrogens is 2. The van der Waals surface area contributed by atoms with Crippen molar-refractivity contribution in [3.63, 3.8) is 0 Å². The second-order valence-electron chi connectivity index (χ2n) is 9.57. The van der Waals surface area contributed by atoms with Gasteiger partial charge < -0.3 is 4.90 Å². The quantitative estimate of drug-likeness (QED) is 0.308. The second-order valence-corrected chi connectivity index (χ2v) is 9.57. The summed E-state index contributed by atoms with van der Waals surface area (Å²) in [7, 11) is 0. The van der Waals surface area contributed by atoms with Crippen molar-refractivity contribution >= 4 is 16.8 Å². The van der Waals surface area contributed by atoms with Crippen LogP contribution >= 0.6 is 0 Å². The molecule has 0 saturated carbocycles. The number of carbonyl (C=O) groups excluding carboxylic acids is 1. The fourth-order valence-electron chi connectivity index (χ4n) is 4.42. The molecule has 0 radical (unpaired) electrons. The first-order chi connectivity index (χ1) is 16.4. The maximum absolute atomic E-state index is 13.7. The predicted molar refractivity (Wildman–Crippen MR) is 140 cm³/mol. The van der Waals surface area contributed by atoms with Gasteiger partial charge in [-0.25, -0.2) is 4.98 Å². The summed E-state index contributed by atoms with van der Waals surface area (Å²) in [6, 6.07) is 15.2. The van der Waals surface area contributed by atoms with Gasteiger partial charge in [-0.2, -0.15) is 0 Å². The summed E-state index contributed by atoms with van der Waals surface area (Å²) in [5.41, 5.74) is 2.55. The number of amides is 1. The van der Waals surface area contributed by atoms with Gasteiger partial charge in [-0.15, -0.1) is 0 Å². The lowest BCUT2D eigenvalue weighted by molar-refractivity contribution is -0.134. The molecule has 0 N–H and O–H groups in total. The van der Waals surface area contributed by atoms with E-state index in [0.717, 1.165) is 37.8 Å². The van der Waals surface area contributed by atoms with Crippen molar-refractivity contribution in [1.29, 1.82) is 0 Å². The summed E-state index contributed by atoms with van der Waals surface area (Å²) in [5, 5.41) is 0.583. The van der Waals surface area contributed by atoms with Gasteiger partial charge in [0.1, 0.15) is 5.82 Å². The fraction of sp³-hybridized carbons (Fsp3) is 0.483. The molecule has 5 nitrogen and oxygen atoms in total. The molecule has 0 bridgehead atoms. The number of hydrogen-bond acceptors (Lipinski definition) is 3. The average molecular weight is 462 g/mol. The number of unbranched alkanes of at least 4 members (excludes halogenated alkanes) is 3. The van der Waals surface area contributed by atoms with Gasteiger partial charge in [0.25, 0.3) is 5.56 Å². The van der Waals surface area contributed by atoms with Crippen molar-refractivity contribution in [3.05, 3.63) is 70.3 Å². The molecule has 0 saturated heterocycles. The lowest BCUT2D eigenvalue weighted by Gasteiger charge is -2.32. The van der Waals surface area contributed by atoms with Gasteiger partial charge >= 0.3 is 0 Å². The van der Waals surface area contributed by atoms with Gasteiger partial charge in [0, 0.05) is 13.0 Å². The zero-order chi connectivity index (χ0) is 24.7. The predicted octanol–water partition coefficient (Wildman–Crippen LogP) is 6.46. The number of aryl methyl sites for hydroxylation is 1. The van der Waals surface area contributed by atoms with Gasteiger partial charge in [-0.1, -0.05) is 71.2 Å². The molecule has 3 rings (SSSR count). The van der Waals surface area contributed by atoms with Crippen LogP contribution in [0.4, 0.5) is 0 Å². The zero-order valence-corrected chi connectivity index (χ0v) is 21.4. The van der Waals surface area contributed by atoms with Gasteiger partial charge in [-0.05, 0) is 55.5 Å². The largest absolute Gasteiger partial charge is 0.333 e. The number of hydrogen-bond donors (Lipinski definition) is 0. The third kappa shape index (κ3) is 5.94. The third-order valence-corrected chi connectivity index (χ3v) is 6.37. The van der Waals surface area contributed by atoms with Gasteiger partial charge in [-0.3, -0.25) is 14.2 Å². The Morgan fingerprint density at radius 1 is 0.971 bits per heavy atom. The molecular formula is C29H39N3O2. The molecule has 2 aromatic carbocycles. The first-order valence-corrected chi connectivity index (χ1v) is 12.8. The highest BCUT2D eigenvalue weighted by atomic mass is 16.2. The molecule has 0 aliphatic carbocycles. The van der Waals surface area contributed by atoms with E-state index in [1.54, 1.807) is 4.57 Å². The average Bonchev–Trinajstić information content (AvgIpc) is 2.84. The Bertz CT molecular complexity index is 1150. The number of nitrogens with zero attached hydrogens (tertiary/aromatic N) is 3. The van der Waals surface area contributed by atoms with Crippen molar-refractivity contribution in [1.82, 2.24) is 14.5 Å². The lowest BCUT2D eigenvalue weighted by Crippen LogP contribution is -2.39. The molecule has 0 spiro atoms. The highest BCUT2D eigenvalue weighted by molar-refractivity contribution is 5.79. The SMILES string of the molecule is CCCCCCC(=O)N(CC(C)C)C(C)c1nc2ccccc2c(=O)n1-c1ccc(CC)cc1. The first kappa shape index (κ1) is 25.7. The summed E-state index contributed by atoms with van der Waals surface area (Å²) in [6.45, 7) is 11.2. The van der Waals surface area contributed by atoms with Crippen LogP contribution in [0.5, 0.6) is 0 Å². The molecule has 0 aliphatic rings. The van der Waals surface area contributed by atoms with E-state index >= 15 is 0 Å². The van der Waals surface area contributed by atoms with Crippen molar-refractivity contribution in [2.24, 2.45) is 5.92 Å². The molecule has 0 fully saturated rings. The Kier molecular flexibility index (Phi) is 9.03. The Morgan fingerprint density at radius 2 is 1.68 bits per heavy atom. The Balaban J connectivity index is 2.10. The molecule has 1 atom stereocenters. The molecule has 0 aliphatic heterocycles. The van der Waals surface area contributed by atoms with Crippen molar-refractivity contribution in [2.75, 3.05) is 6.54 Å². The molecule has 1 heterocycles. The van der Waals surface area contributed by atoms with Crippen LogP contribution in [0.3, 0.4) is 0 Å². The summed E-state index contributed by atoms with van der Waals surface area (Å²) in [6.07, 6.45) is 5.71. The summed E-state index contributed by atoms with van der Waals surface area (Å²) < 4.78 is 1.70. The second kappa shape index (κ2) is 12.0. The molecule has 1 aromatic heterocycles. The van der Waals surface area contributed by atoms with E-state index in [1.807, 2.05) is 48.2 Å². The van der Waals surface area contributed by atoms with Crippen LogP contribution in [0.1, 0.15) is 84.2 Å². The van der Waals surface area contributed by atoms with E-state index in [0.29, 0.717) is 35.6 Å². The minimum absolute atomic E-state index is 0.100. The number of carbonyl (C=O) groups is 1. The standard InChI is InChI=1S/C29H39N3O2/c1-6-8-9-10-15-27(33)31(20-21(3)4)22(5)28-30-26-14-12-11-13-25(26)29(34)32(28)24-18-16-23(7-2)17-19-24/h11-14,16-19,21-22H,6-10,15,20H2,1-5H3. The Hall–Kier alpha value is -2.95. The topological polar surface area (TPSA) is 55.2 Å². The van der Waals surface area contributed by atoms with Gasteiger partial charge in [0.05, 0.1) is 22.6 Å². The first-order valence-electron chi connectivity index (χ1n) is 12.8. The van der Waals surface area contributed by atoms with Crippen molar-refractivity contribution in [3.8, 4) is 5.69 Å². The van der Waals surface area contributed by atoms with Crippen molar-refractivity contribution < 1.29 is 4.79 Å². The van der Waals surface area contributed by atoms with Crippen LogP contribution in [0.2, 0.25) is 0 Å².